The lowest BCUT2D eigenvalue weighted by Crippen LogP contribution is -2.46. The summed E-state index contributed by atoms with van der Waals surface area (Å²) in [6.07, 6.45) is 1.14. The van der Waals surface area contributed by atoms with Crippen LogP contribution >= 0.6 is 0 Å². The number of esters is 1. The van der Waals surface area contributed by atoms with E-state index < -0.39 is 17.6 Å². The number of hydrogen-bond donors (Lipinski definition) is 1. The average molecular weight is 227 g/mol. The molecule has 4 nitrogen and oxygen atoms in total. The molecule has 0 aromatic rings. The minimum Gasteiger partial charge on any atom is -0.458 e. The Bertz CT molecular complexity index is 276. The van der Waals surface area contributed by atoms with E-state index in [1.165, 1.54) is 0 Å². The molecule has 92 valence electrons. The summed E-state index contributed by atoms with van der Waals surface area (Å²) in [5.74, 6) is -0.819. The van der Waals surface area contributed by atoms with Gasteiger partial charge in [-0.25, -0.2) is 4.79 Å². The third kappa shape index (κ3) is 5.53. The summed E-state index contributed by atoms with van der Waals surface area (Å²) in [7, 11) is 0. The van der Waals surface area contributed by atoms with Crippen LogP contribution in [0.4, 0.5) is 0 Å². The van der Waals surface area contributed by atoms with Crippen LogP contribution in [-0.2, 0) is 14.3 Å². The van der Waals surface area contributed by atoms with Gasteiger partial charge in [0, 0.05) is 0 Å². The van der Waals surface area contributed by atoms with Crippen molar-refractivity contribution in [3.63, 3.8) is 0 Å². The summed E-state index contributed by atoms with van der Waals surface area (Å²) in [5, 5.41) is 2.56. The standard InChI is InChI=1S/C12H21NO3/c1-7-9(14)13-10(8(2)3)11(15)16-12(4,5)6/h7-8,10H,1H2,2-6H3,(H,13,14)/t10-/m1/s1. The van der Waals surface area contributed by atoms with Gasteiger partial charge in [-0.15, -0.1) is 0 Å². The van der Waals surface area contributed by atoms with E-state index in [9.17, 15) is 9.59 Å². The number of amides is 1. The maximum Gasteiger partial charge on any atom is 0.329 e. The summed E-state index contributed by atoms with van der Waals surface area (Å²) >= 11 is 0. The first kappa shape index (κ1) is 14.7. The van der Waals surface area contributed by atoms with Gasteiger partial charge in [-0.2, -0.15) is 0 Å². The molecule has 0 aliphatic rings. The lowest BCUT2D eigenvalue weighted by atomic mass is 10.0. The Morgan fingerprint density at radius 1 is 1.31 bits per heavy atom. The molecule has 1 atom stereocenters. The van der Waals surface area contributed by atoms with Gasteiger partial charge in [0.05, 0.1) is 0 Å². The zero-order valence-electron chi connectivity index (χ0n) is 10.7. The SMILES string of the molecule is C=CC(=O)N[C@@H](C(=O)OC(C)(C)C)C(C)C. The highest BCUT2D eigenvalue weighted by atomic mass is 16.6. The fraction of sp³-hybridized carbons (Fsp3) is 0.667. The molecule has 0 spiro atoms. The first-order valence-electron chi connectivity index (χ1n) is 5.33. The van der Waals surface area contributed by atoms with E-state index in [4.69, 9.17) is 4.74 Å². The van der Waals surface area contributed by atoms with Crippen molar-refractivity contribution in [1.29, 1.82) is 0 Å². The zero-order chi connectivity index (χ0) is 12.9. The molecule has 4 heteroatoms. The van der Waals surface area contributed by atoms with Crippen LogP contribution < -0.4 is 5.32 Å². The monoisotopic (exact) mass is 227 g/mol. The second-order valence-electron chi connectivity index (χ2n) is 4.97. The molecule has 0 rings (SSSR count). The van der Waals surface area contributed by atoms with E-state index in [-0.39, 0.29) is 11.8 Å². The maximum absolute atomic E-state index is 11.8. The molecule has 0 radical (unpaired) electrons. The predicted molar refractivity (Wildman–Crippen MR) is 62.8 cm³/mol. The summed E-state index contributed by atoms with van der Waals surface area (Å²) in [6.45, 7) is 12.4. The number of nitrogens with one attached hydrogen (secondary N) is 1. The van der Waals surface area contributed by atoms with Gasteiger partial charge in [0.25, 0.3) is 0 Å². The molecule has 0 aliphatic carbocycles. The normalized spacial score (nSPS) is 13.1. The van der Waals surface area contributed by atoms with Gasteiger partial charge < -0.3 is 10.1 Å². The van der Waals surface area contributed by atoms with Gasteiger partial charge in [-0.05, 0) is 32.8 Å². The molecule has 1 N–H and O–H groups in total. The summed E-state index contributed by atoms with van der Waals surface area (Å²) < 4.78 is 5.22. The highest BCUT2D eigenvalue weighted by Crippen LogP contribution is 2.12. The number of hydrogen-bond acceptors (Lipinski definition) is 3. The molecule has 0 saturated heterocycles. The highest BCUT2D eigenvalue weighted by Gasteiger charge is 2.28. The van der Waals surface area contributed by atoms with Crippen LogP contribution in [0.5, 0.6) is 0 Å². The summed E-state index contributed by atoms with van der Waals surface area (Å²) in [5.41, 5.74) is -0.552. The molecule has 0 bridgehead atoms. The Morgan fingerprint density at radius 3 is 2.12 bits per heavy atom. The van der Waals surface area contributed by atoms with Crippen LogP contribution in [0.3, 0.4) is 0 Å². The van der Waals surface area contributed by atoms with Crippen molar-refractivity contribution in [2.75, 3.05) is 0 Å². The van der Waals surface area contributed by atoms with Gasteiger partial charge >= 0.3 is 5.97 Å². The van der Waals surface area contributed by atoms with Crippen LogP contribution in [0.15, 0.2) is 12.7 Å². The van der Waals surface area contributed by atoms with Crippen LogP contribution in [0.25, 0.3) is 0 Å². The minimum absolute atomic E-state index is 0.0289. The van der Waals surface area contributed by atoms with Crippen molar-refractivity contribution in [3.05, 3.63) is 12.7 Å². The van der Waals surface area contributed by atoms with E-state index in [2.05, 4.69) is 11.9 Å². The predicted octanol–water partition coefficient (Wildman–Crippen LogP) is 1.65. The number of carbonyl (C=O) groups excluding carboxylic acids is 2. The minimum atomic E-state index is -0.635. The van der Waals surface area contributed by atoms with Gasteiger partial charge in [0.15, 0.2) is 0 Å². The Kier molecular flexibility index (Phi) is 5.21. The molecule has 0 fully saturated rings. The van der Waals surface area contributed by atoms with E-state index in [0.717, 1.165) is 6.08 Å². The van der Waals surface area contributed by atoms with Gasteiger partial charge in [-0.3, -0.25) is 4.79 Å². The molecule has 0 aromatic carbocycles. The first-order chi connectivity index (χ1) is 7.17. The molecular weight excluding hydrogens is 206 g/mol. The lowest BCUT2D eigenvalue weighted by molar-refractivity contribution is -0.159. The Hall–Kier alpha value is -1.32. The molecule has 0 aromatic heterocycles. The summed E-state index contributed by atoms with van der Waals surface area (Å²) in [4.78, 5) is 22.9. The third-order valence-electron chi connectivity index (χ3n) is 1.81. The smallest absolute Gasteiger partial charge is 0.329 e. The Balaban J connectivity index is 4.60. The van der Waals surface area contributed by atoms with E-state index in [1.807, 2.05) is 13.8 Å². The van der Waals surface area contributed by atoms with Gasteiger partial charge in [0.1, 0.15) is 11.6 Å². The quantitative estimate of drug-likeness (QED) is 0.587. The van der Waals surface area contributed by atoms with Crippen LogP contribution in [0, 0.1) is 5.92 Å². The largest absolute Gasteiger partial charge is 0.458 e. The second kappa shape index (κ2) is 5.68. The second-order valence-corrected chi connectivity index (χ2v) is 4.97. The van der Waals surface area contributed by atoms with Crippen LogP contribution in [0.1, 0.15) is 34.6 Å². The van der Waals surface area contributed by atoms with Crippen molar-refractivity contribution in [2.24, 2.45) is 5.92 Å². The fourth-order valence-corrected chi connectivity index (χ4v) is 1.08. The number of ether oxygens (including phenoxy) is 1. The molecule has 0 unspecified atom stereocenters. The van der Waals surface area contributed by atoms with Crippen LogP contribution in [-0.4, -0.2) is 23.5 Å². The Morgan fingerprint density at radius 2 is 1.81 bits per heavy atom. The van der Waals surface area contributed by atoms with Crippen molar-refractivity contribution in [3.8, 4) is 0 Å². The molecule has 1 amide bonds. The van der Waals surface area contributed by atoms with Crippen molar-refractivity contribution in [1.82, 2.24) is 5.32 Å². The van der Waals surface area contributed by atoms with Crippen molar-refractivity contribution in [2.45, 2.75) is 46.3 Å². The highest BCUT2D eigenvalue weighted by molar-refractivity contribution is 5.91. The Labute approximate surface area is 97.1 Å². The topological polar surface area (TPSA) is 55.4 Å². The number of carbonyl (C=O) groups is 2. The molecule has 16 heavy (non-hydrogen) atoms. The van der Waals surface area contributed by atoms with Crippen molar-refractivity contribution < 1.29 is 14.3 Å². The molecule has 0 saturated carbocycles. The van der Waals surface area contributed by atoms with Crippen molar-refractivity contribution >= 4 is 11.9 Å². The molecular formula is C12H21NO3. The van der Waals surface area contributed by atoms with Gasteiger partial charge in [0.2, 0.25) is 5.91 Å². The van der Waals surface area contributed by atoms with E-state index in [0.29, 0.717) is 0 Å². The molecule has 0 aliphatic heterocycles. The first-order valence-corrected chi connectivity index (χ1v) is 5.33. The molecule has 0 heterocycles. The van der Waals surface area contributed by atoms with Gasteiger partial charge in [-0.1, -0.05) is 20.4 Å². The third-order valence-corrected chi connectivity index (χ3v) is 1.81. The number of rotatable bonds is 4. The van der Waals surface area contributed by atoms with E-state index >= 15 is 0 Å². The maximum atomic E-state index is 11.8. The fourth-order valence-electron chi connectivity index (χ4n) is 1.08. The van der Waals surface area contributed by atoms with Crippen LogP contribution in [0.2, 0.25) is 0 Å². The average Bonchev–Trinajstić information content (AvgIpc) is 2.09. The summed E-state index contributed by atoms with van der Waals surface area (Å²) in [6, 6.07) is -0.635. The lowest BCUT2D eigenvalue weighted by Gasteiger charge is -2.26. The zero-order valence-corrected chi connectivity index (χ0v) is 10.7. The van der Waals surface area contributed by atoms with E-state index in [1.54, 1.807) is 20.8 Å².